The van der Waals surface area contributed by atoms with Crippen LogP contribution in [0.25, 0.3) is 6.08 Å². The molecule has 0 atom stereocenters. The fraction of sp³-hybridized carbons (Fsp3) is 0. The van der Waals surface area contributed by atoms with Crippen LogP contribution in [0.3, 0.4) is 0 Å². The van der Waals surface area contributed by atoms with Crippen LogP contribution in [0.5, 0.6) is 0 Å². The molecule has 0 saturated carbocycles. The molecule has 1 heterocycles. The van der Waals surface area contributed by atoms with Crippen LogP contribution in [0.2, 0.25) is 0 Å². The molecule has 1 aromatic carbocycles. The number of carbonyl (C=O) groups is 1. The van der Waals surface area contributed by atoms with E-state index in [0.717, 1.165) is 9.35 Å². The van der Waals surface area contributed by atoms with E-state index >= 15 is 0 Å². The molecular weight excluding hydrogens is 310 g/mol. The van der Waals surface area contributed by atoms with Crippen LogP contribution in [-0.2, 0) is 0 Å². The van der Waals surface area contributed by atoms with E-state index in [1.54, 1.807) is 30.3 Å². The zero-order valence-corrected chi connectivity index (χ0v) is 11.7. The lowest BCUT2D eigenvalue weighted by Gasteiger charge is -1.98. The predicted molar refractivity (Wildman–Crippen MR) is 76.4 cm³/mol. The van der Waals surface area contributed by atoms with Gasteiger partial charge in [0.15, 0.2) is 0 Å². The molecule has 18 heavy (non-hydrogen) atoms. The van der Waals surface area contributed by atoms with Gasteiger partial charge in [-0.15, -0.1) is 11.3 Å². The zero-order valence-electron chi connectivity index (χ0n) is 9.26. The smallest absolute Gasteiger partial charge is 0.203 e. The molecular formula is C14H8BrNOS. The number of thiophene rings is 1. The molecule has 2 aromatic rings. The van der Waals surface area contributed by atoms with Gasteiger partial charge in [0, 0.05) is 5.56 Å². The summed E-state index contributed by atoms with van der Waals surface area (Å²) in [7, 11) is 0. The first-order valence-electron chi connectivity index (χ1n) is 5.16. The standard InChI is InChI=1S/C14H8BrNOS/c15-13-7-10(9-18-13)6-12(8-16)14(17)11-4-2-1-3-5-11/h1-7,9H. The molecule has 2 nitrogen and oxygen atoms in total. The average molecular weight is 318 g/mol. The van der Waals surface area contributed by atoms with E-state index in [0.29, 0.717) is 5.56 Å². The van der Waals surface area contributed by atoms with Gasteiger partial charge in [0.05, 0.1) is 3.79 Å². The molecule has 0 spiro atoms. The number of hydrogen-bond donors (Lipinski definition) is 0. The number of hydrogen-bond acceptors (Lipinski definition) is 3. The highest BCUT2D eigenvalue weighted by atomic mass is 79.9. The third-order valence-electron chi connectivity index (χ3n) is 2.30. The van der Waals surface area contributed by atoms with E-state index < -0.39 is 0 Å². The Kier molecular flexibility index (Phi) is 4.08. The summed E-state index contributed by atoms with van der Waals surface area (Å²) in [4.78, 5) is 12.1. The van der Waals surface area contributed by atoms with Crippen LogP contribution in [0, 0.1) is 11.3 Å². The molecule has 0 fully saturated rings. The lowest BCUT2D eigenvalue weighted by molar-refractivity contribution is 0.104. The highest BCUT2D eigenvalue weighted by Crippen LogP contribution is 2.23. The van der Waals surface area contributed by atoms with E-state index in [1.807, 2.05) is 23.6 Å². The lowest BCUT2D eigenvalue weighted by Crippen LogP contribution is -2.01. The van der Waals surface area contributed by atoms with Crippen molar-refractivity contribution in [3.8, 4) is 6.07 Å². The SMILES string of the molecule is N#CC(=Cc1csc(Br)c1)C(=O)c1ccccc1. The molecule has 0 unspecified atom stereocenters. The first-order valence-corrected chi connectivity index (χ1v) is 6.83. The van der Waals surface area contributed by atoms with Crippen molar-refractivity contribution in [3.05, 3.63) is 62.3 Å². The maximum atomic E-state index is 12.1. The van der Waals surface area contributed by atoms with Crippen molar-refractivity contribution in [3.63, 3.8) is 0 Å². The van der Waals surface area contributed by atoms with Gasteiger partial charge >= 0.3 is 0 Å². The minimum atomic E-state index is -0.250. The molecule has 0 bridgehead atoms. The van der Waals surface area contributed by atoms with Crippen molar-refractivity contribution in [2.24, 2.45) is 0 Å². The maximum absolute atomic E-state index is 12.1. The fourth-order valence-corrected chi connectivity index (χ4v) is 2.59. The Morgan fingerprint density at radius 1 is 1.33 bits per heavy atom. The van der Waals surface area contributed by atoms with Gasteiger partial charge in [0.1, 0.15) is 11.6 Å². The van der Waals surface area contributed by atoms with Crippen LogP contribution in [0.15, 0.2) is 51.1 Å². The molecule has 2 rings (SSSR count). The van der Waals surface area contributed by atoms with Gasteiger partial charge in [-0.05, 0) is 39.0 Å². The molecule has 4 heteroatoms. The summed E-state index contributed by atoms with van der Waals surface area (Å²) in [5.74, 6) is -0.250. The second kappa shape index (κ2) is 5.76. The van der Waals surface area contributed by atoms with Crippen LogP contribution in [0.1, 0.15) is 15.9 Å². The molecule has 0 aliphatic rings. The highest BCUT2D eigenvalue weighted by molar-refractivity contribution is 9.11. The molecule has 0 N–H and O–H groups in total. The van der Waals surface area contributed by atoms with Gasteiger partial charge in [-0.1, -0.05) is 30.3 Å². The van der Waals surface area contributed by atoms with E-state index in [2.05, 4.69) is 15.9 Å². The highest BCUT2D eigenvalue weighted by Gasteiger charge is 2.11. The van der Waals surface area contributed by atoms with E-state index in [4.69, 9.17) is 5.26 Å². The summed E-state index contributed by atoms with van der Waals surface area (Å²) in [6, 6.07) is 12.6. The third kappa shape index (κ3) is 2.95. The van der Waals surface area contributed by atoms with Crippen LogP contribution in [-0.4, -0.2) is 5.78 Å². The van der Waals surface area contributed by atoms with Gasteiger partial charge in [0.25, 0.3) is 0 Å². The molecule has 88 valence electrons. The number of nitriles is 1. The first kappa shape index (κ1) is 12.7. The average Bonchev–Trinajstić information content (AvgIpc) is 2.82. The molecule has 0 aliphatic heterocycles. The Hall–Kier alpha value is -1.70. The van der Waals surface area contributed by atoms with Crippen molar-refractivity contribution in [1.82, 2.24) is 0 Å². The second-order valence-electron chi connectivity index (χ2n) is 3.55. The van der Waals surface area contributed by atoms with Crippen LogP contribution >= 0.6 is 27.3 Å². The van der Waals surface area contributed by atoms with Crippen molar-refractivity contribution < 1.29 is 4.79 Å². The van der Waals surface area contributed by atoms with E-state index in [9.17, 15) is 4.79 Å². The number of carbonyl (C=O) groups excluding carboxylic acids is 1. The van der Waals surface area contributed by atoms with Gasteiger partial charge in [-0.3, -0.25) is 4.79 Å². The summed E-state index contributed by atoms with van der Waals surface area (Å²) < 4.78 is 0.971. The van der Waals surface area contributed by atoms with Gasteiger partial charge in [-0.2, -0.15) is 5.26 Å². The summed E-state index contributed by atoms with van der Waals surface area (Å²) in [5.41, 5.74) is 1.53. The fourth-order valence-electron chi connectivity index (χ4n) is 1.46. The largest absolute Gasteiger partial charge is 0.288 e. The number of nitrogens with zero attached hydrogens (tertiary/aromatic N) is 1. The molecule has 0 saturated heterocycles. The van der Waals surface area contributed by atoms with Crippen LogP contribution < -0.4 is 0 Å². The quantitative estimate of drug-likeness (QED) is 0.481. The topological polar surface area (TPSA) is 40.9 Å². The molecule has 0 radical (unpaired) electrons. The van der Waals surface area contributed by atoms with E-state index in [1.165, 1.54) is 11.3 Å². The zero-order chi connectivity index (χ0) is 13.0. The van der Waals surface area contributed by atoms with Crippen molar-refractivity contribution >= 4 is 39.1 Å². The van der Waals surface area contributed by atoms with Crippen molar-refractivity contribution in [2.45, 2.75) is 0 Å². The third-order valence-corrected chi connectivity index (χ3v) is 3.82. The number of rotatable bonds is 3. The molecule has 1 aromatic heterocycles. The van der Waals surface area contributed by atoms with Gasteiger partial charge in [-0.25, -0.2) is 0 Å². The van der Waals surface area contributed by atoms with E-state index in [-0.39, 0.29) is 11.4 Å². The Labute approximate surface area is 117 Å². The number of Topliss-reactive ketones (excluding diaryl/α,β-unsaturated/α-hetero) is 1. The predicted octanol–water partition coefficient (Wildman–Crippen LogP) is 4.30. The monoisotopic (exact) mass is 317 g/mol. The Bertz CT molecular complexity index is 637. The van der Waals surface area contributed by atoms with Crippen LogP contribution in [0.4, 0.5) is 0 Å². The van der Waals surface area contributed by atoms with Crippen molar-refractivity contribution in [2.75, 3.05) is 0 Å². The number of allylic oxidation sites excluding steroid dienone is 1. The maximum Gasteiger partial charge on any atom is 0.203 e. The summed E-state index contributed by atoms with van der Waals surface area (Å²) in [6.45, 7) is 0. The second-order valence-corrected chi connectivity index (χ2v) is 5.84. The Balaban J connectivity index is 2.33. The minimum Gasteiger partial charge on any atom is -0.288 e. The lowest BCUT2D eigenvalue weighted by atomic mass is 10.0. The number of halogens is 1. The first-order chi connectivity index (χ1) is 8.70. The van der Waals surface area contributed by atoms with Gasteiger partial charge < -0.3 is 0 Å². The Morgan fingerprint density at radius 3 is 2.61 bits per heavy atom. The van der Waals surface area contributed by atoms with Crippen molar-refractivity contribution in [1.29, 1.82) is 5.26 Å². The summed E-state index contributed by atoms with van der Waals surface area (Å²) >= 11 is 4.86. The number of ketones is 1. The minimum absolute atomic E-state index is 0.145. The number of benzene rings is 1. The summed E-state index contributed by atoms with van der Waals surface area (Å²) in [6.07, 6.45) is 1.61. The Morgan fingerprint density at radius 2 is 2.06 bits per heavy atom. The normalized spacial score (nSPS) is 11.0. The molecule has 0 aliphatic carbocycles. The summed E-state index contributed by atoms with van der Waals surface area (Å²) in [5, 5.41) is 11.0. The molecule has 0 amide bonds. The van der Waals surface area contributed by atoms with Gasteiger partial charge in [0.2, 0.25) is 5.78 Å².